The van der Waals surface area contributed by atoms with Crippen molar-refractivity contribution < 1.29 is 14.3 Å². The van der Waals surface area contributed by atoms with E-state index in [9.17, 15) is 4.79 Å². The Morgan fingerprint density at radius 3 is 2.73 bits per heavy atom. The molecule has 0 fully saturated rings. The first-order valence-electron chi connectivity index (χ1n) is 10.9. The number of amides is 1. The predicted octanol–water partition coefficient (Wildman–Crippen LogP) is 5.74. The third kappa shape index (κ3) is 3.55. The summed E-state index contributed by atoms with van der Waals surface area (Å²) in [6, 6.07) is 21.4. The summed E-state index contributed by atoms with van der Waals surface area (Å²) in [5.74, 6) is 1.39. The number of carbonyl (C=O) groups is 1. The van der Waals surface area contributed by atoms with Crippen molar-refractivity contribution in [2.75, 3.05) is 13.3 Å². The maximum absolute atomic E-state index is 13.4. The number of rotatable bonds is 3. The van der Waals surface area contributed by atoms with Crippen LogP contribution in [0.2, 0.25) is 5.02 Å². The SMILES string of the molecule is O=C(/C=C/c1ccc(Cl)cc1)N1CCc2c([nH]c3ccccc23)C1c1ccc2c(c1)OCO2. The first kappa shape index (κ1) is 19.9. The number of nitrogens with zero attached hydrogens (tertiary/aromatic N) is 1. The molecule has 5 nitrogen and oxygen atoms in total. The molecule has 1 unspecified atom stereocenters. The second kappa shape index (κ2) is 8.01. The summed E-state index contributed by atoms with van der Waals surface area (Å²) in [6.45, 7) is 0.839. The van der Waals surface area contributed by atoms with Crippen molar-refractivity contribution in [3.8, 4) is 11.5 Å². The third-order valence-corrected chi connectivity index (χ3v) is 6.57. The molecule has 33 heavy (non-hydrogen) atoms. The van der Waals surface area contributed by atoms with Crippen LogP contribution in [0.3, 0.4) is 0 Å². The van der Waals surface area contributed by atoms with E-state index in [0.29, 0.717) is 17.3 Å². The number of nitrogens with one attached hydrogen (secondary N) is 1. The number of hydrogen-bond donors (Lipinski definition) is 1. The van der Waals surface area contributed by atoms with Crippen LogP contribution in [0.15, 0.2) is 72.8 Å². The van der Waals surface area contributed by atoms with Crippen LogP contribution in [-0.4, -0.2) is 29.1 Å². The Hall–Kier alpha value is -3.70. The first-order valence-corrected chi connectivity index (χ1v) is 11.3. The standard InChI is InChI=1S/C27H21ClN2O3/c28-19-9-5-17(6-10-19)7-12-25(31)30-14-13-21-20-3-1-2-4-22(20)29-26(21)27(30)18-8-11-23-24(15-18)33-16-32-23/h1-12,15,27,29H,13-14,16H2/b12-7+. The van der Waals surface area contributed by atoms with E-state index in [1.54, 1.807) is 6.08 Å². The Balaban J connectivity index is 1.42. The maximum atomic E-state index is 13.4. The molecule has 6 rings (SSSR count). The minimum absolute atomic E-state index is 0.0445. The monoisotopic (exact) mass is 456 g/mol. The highest BCUT2D eigenvalue weighted by Crippen LogP contribution is 2.42. The number of H-pyrrole nitrogens is 1. The largest absolute Gasteiger partial charge is 0.454 e. The van der Waals surface area contributed by atoms with Gasteiger partial charge in [-0.25, -0.2) is 0 Å². The number of ether oxygens (including phenoxy) is 2. The van der Waals surface area contributed by atoms with Crippen LogP contribution in [0.4, 0.5) is 0 Å². The lowest BCUT2D eigenvalue weighted by Crippen LogP contribution is -2.39. The van der Waals surface area contributed by atoms with E-state index in [1.165, 1.54) is 10.9 Å². The number of carbonyl (C=O) groups excluding carboxylic acids is 1. The van der Waals surface area contributed by atoms with Crippen LogP contribution in [0, 0.1) is 0 Å². The molecule has 0 bridgehead atoms. The number of fused-ring (bicyclic) bond motifs is 4. The Kier molecular flexibility index (Phi) is 4.84. The molecule has 1 aromatic heterocycles. The summed E-state index contributed by atoms with van der Waals surface area (Å²) < 4.78 is 11.1. The average molecular weight is 457 g/mol. The molecular weight excluding hydrogens is 436 g/mol. The van der Waals surface area contributed by atoms with Crippen molar-refractivity contribution in [3.05, 3.63) is 100 Å². The van der Waals surface area contributed by atoms with Gasteiger partial charge in [0.1, 0.15) is 0 Å². The summed E-state index contributed by atoms with van der Waals surface area (Å²) in [4.78, 5) is 18.9. The van der Waals surface area contributed by atoms with Crippen LogP contribution < -0.4 is 9.47 Å². The van der Waals surface area contributed by atoms with Gasteiger partial charge in [-0.3, -0.25) is 4.79 Å². The lowest BCUT2D eigenvalue weighted by Gasteiger charge is -2.35. The molecule has 4 aromatic rings. The molecule has 0 saturated heterocycles. The minimum Gasteiger partial charge on any atom is -0.454 e. The van der Waals surface area contributed by atoms with Crippen molar-refractivity contribution in [1.82, 2.24) is 9.88 Å². The van der Waals surface area contributed by atoms with E-state index in [1.807, 2.05) is 59.5 Å². The molecule has 6 heteroatoms. The molecule has 1 amide bonds. The summed E-state index contributed by atoms with van der Waals surface area (Å²) in [5, 5.41) is 1.88. The van der Waals surface area contributed by atoms with Crippen LogP contribution in [-0.2, 0) is 11.2 Å². The van der Waals surface area contributed by atoms with E-state index >= 15 is 0 Å². The average Bonchev–Trinajstić information content (AvgIpc) is 3.46. The topological polar surface area (TPSA) is 54.6 Å². The van der Waals surface area contributed by atoms with E-state index < -0.39 is 0 Å². The summed E-state index contributed by atoms with van der Waals surface area (Å²) in [5.41, 5.74) is 5.31. The van der Waals surface area contributed by atoms with Crippen molar-refractivity contribution in [1.29, 1.82) is 0 Å². The number of hydrogen-bond acceptors (Lipinski definition) is 3. The van der Waals surface area contributed by atoms with E-state index in [0.717, 1.165) is 34.5 Å². The fraction of sp³-hybridized carbons (Fsp3) is 0.148. The normalized spacial score (nSPS) is 17.0. The van der Waals surface area contributed by atoms with Gasteiger partial charge in [0.05, 0.1) is 6.04 Å². The lowest BCUT2D eigenvalue weighted by atomic mass is 9.92. The van der Waals surface area contributed by atoms with E-state index in [4.69, 9.17) is 21.1 Å². The fourth-order valence-electron chi connectivity index (χ4n) is 4.75. The highest BCUT2D eigenvalue weighted by Gasteiger charge is 2.34. The molecule has 3 heterocycles. The second-order valence-corrected chi connectivity index (χ2v) is 8.68. The van der Waals surface area contributed by atoms with Gasteiger partial charge in [0, 0.05) is 34.2 Å². The molecule has 3 aromatic carbocycles. The smallest absolute Gasteiger partial charge is 0.247 e. The number of para-hydroxylation sites is 1. The maximum Gasteiger partial charge on any atom is 0.247 e. The fourth-order valence-corrected chi connectivity index (χ4v) is 4.87. The summed E-state index contributed by atoms with van der Waals surface area (Å²) in [6.07, 6.45) is 4.26. The molecule has 0 spiro atoms. The van der Waals surface area contributed by atoms with Gasteiger partial charge in [0.2, 0.25) is 12.7 Å². The lowest BCUT2D eigenvalue weighted by molar-refractivity contribution is -0.128. The zero-order valence-electron chi connectivity index (χ0n) is 17.8. The Morgan fingerprint density at radius 1 is 1.03 bits per heavy atom. The molecule has 1 N–H and O–H groups in total. The molecule has 164 valence electrons. The van der Waals surface area contributed by atoms with Gasteiger partial charge in [-0.2, -0.15) is 0 Å². The predicted molar refractivity (Wildman–Crippen MR) is 129 cm³/mol. The number of halogens is 1. The molecule has 2 aliphatic rings. The quantitative estimate of drug-likeness (QED) is 0.400. The highest BCUT2D eigenvalue weighted by atomic mass is 35.5. The van der Waals surface area contributed by atoms with Crippen LogP contribution in [0.1, 0.15) is 28.4 Å². The summed E-state index contributed by atoms with van der Waals surface area (Å²) in [7, 11) is 0. The van der Waals surface area contributed by atoms with Crippen molar-refractivity contribution in [2.24, 2.45) is 0 Å². The molecule has 1 atom stereocenters. The Bertz CT molecular complexity index is 1390. The third-order valence-electron chi connectivity index (χ3n) is 6.32. The van der Waals surface area contributed by atoms with Crippen molar-refractivity contribution >= 4 is 34.5 Å². The summed E-state index contributed by atoms with van der Waals surface area (Å²) >= 11 is 5.98. The van der Waals surface area contributed by atoms with E-state index in [-0.39, 0.29) is 18.7 Å². The molecule has 0 radical (unpaired) electrons. The molecule has 0 aliphatic carbocycles. The van der Waals surface area contributed by atoms with Crippen LogP contribution >= 0.6 is 11.6 Å². The van der Waals surface area contributed by atoms with Crippen LogP contribution in [0.5, 0.6) is 11.5 Å². The van der Waals surface area contributed by atoms with E-state index in [2.05, 4.69) is 23.2 Å². The molecule has 0 saturated carbocycles. The van der Waals surface area contributed by atoms with Gasteiger partial charge in [-0.05, 0) is 59.5 Å². The minimum atomic E-state index is -0.252. The number of benzene rings is 3. The first-order chi connectivity index (χ1) is 16.2. The zero-order chi connectivity index (χ0) is 22.4. The zero-order valence-corrected chi connectivity index (χ0v) is 18.5. The number of aromatic nitrogens is 1. The van der Waals surface area contributed by atoms with Crippen molar-refractivity contribution in [2.45, 2.75) is 12.5 Å². The van der Waals surface area contributed by atoms with Gasteiger partial charge >= 0.3 is 0 Å². The van der Waals surface area contributed by atoms with Gasteiger partial charge in [0.25, 0.3) is 0 Å². The number of aromatic amines is 1. The van der Waals surface area contributed by atoms with Gasteiger partial charge in [-0.1, -0.05) is 48.0 Å². The van der Waals surface area contributed by atoms with Crippen molar-refractivity contribution in [3.63, 3.8) is 0 Å². The van der Waals surface area contributed by atoms with Crippen LogP contribution in [0.25, 0.3) is 17.0 Å². The molecular formula is C27H21ClN2O3. The van der Waals surface area contributed by atoms with Gasteiger partial charge in [0.15, 0.2) is 11.5 Å². The highest BCUT2D eigenvalue weighted by molar-refractivity contribution is 6.30. The molecule has 2 aliphatic heterocycles. The Labute approximate surface area is 196 Å². The van der Waals surface area contributed by atoms with Gasteiger partial charge < -0.3 is 19.4 Å². The Morgan fingerprint density at radius 2 is 1.85 bits per heavy atom. The van der Waals surface area contributed by atoms with Gasteiger partial charge in [-0.15, -0.1) is 0 Å². The second-order valence-electron chi connectivity index (χ2n) is 8.24.